The molecule has 2 amide bonds. The molecule has 0 heterocycles. The van der Waals surface area contributed by atoms with Gasteiger partial charge in [0.05, 0.1) is 24.0 Å². The first-order chi connectivity index (χ1) is 15.5. The summed E-state index contributed by atoms with van der Waals surface area (Å²) in [6, 6.07) is 21.1. The normalized spacial score (nSPS) is 10.1. The van der Waals surface area contributed by atoms with E-state index >= 15 is 0 Å². The van der Waals surface area contributed by atoms with Crippen molar-refractivity contribution in [2.45, 2.75) is 6.92 Å². The van der Waals surface area contributed by atoms with Gasteiger partial charge in [0.2, 0.25) is 5.91 Å². The van der Waals surface area contributed by atoms with Crippen molar-refractivity contribution in [1.29, 1.82) is 0 Å². The number of carbonyl (C=O) groups excluding carboxylic acids is 3. The Morgan fingerprint density at radius 2 is 1.53 bits per heavy atom. The molecule has 32 heavy (non-hydrogen) atoms. The van der Waals surface area contributed by atoms with Gasteiger partial charge in [0.25, 0.3) is 5.91 Å². The van der Waals surface area contributed by atoms with Gasteiger partial charge in [-0.15, -0.1) is 0 Å². The van der Waals surface area contributed by atoms with Gasteiger partial charge in [-0.3, -0.25) is 9.59 Å². The maximum absolute atomic E-state index is 12.6. The smallest absolute Gasteiger partial charge is 0.340 e. The summed E-state index contributed by atoms with van der Waals surface area (Å²) in [6.45, 7) is 0.887. The molecule has 3 aromatic rings. The van der Waals surface area contributed by atoms with Gasteiger partial charge < -0.3 is 25.4 Å². The van der Waals surface area contributed by atoms with Crippen LogP contribution in [-0.4, -0.2) is 31.5 Å². The summed E-state index contributed by atoms with van der Waals surface area (Å²) in [4.78, 5) is 36.2. The van der Waals surface area contributed by atoms with Gasteiger partial charge in [0.15, 0.2) is 6.61 Å². The maximum atomic E-state index is 12.6. The van der Waals surface area contributed by atoms with Crippen LogP contribution in [0.4, 0.5) is 22.7 Å². The maximum Gasteiger partial charge on any atom is 0.340 e. The van der Waals surface area contributed by atoms with Crippen LogP contribution in [0.3, 0.4) is 0 Å². The topological polar surface area (TPSA) is 106 Å². The lowest BCUT2D eigenvalue weighted by molar-refractivity contribution is -0.119. The monoisotopic (exact) mass is 433 g/mol. The molecule has 0 unspecified atom stereocenters. The lowest BCUT2D eigenvalue weighted by Crippen LogP contribution is -2.21. The Bertz CT molecular complexity index is 1120. The standard InChI is InChI=1S/C24H23N3O5/c1-16(28)25-18-12-13-22(31-2)21(14-18)27-23(29)15-32-24(30)19-10-6-7-11-20(19)26-17-8-4-3-5-9-17/h3-14,26H,15H2,1-2H3,(H,25,28)(H,27,29). The number of amides is 2. The SMILES string of the molecule is COc1ccc(NC(C)=O)cc1NC(=O)COC(=O)c1ccccc1Nc1ccccc1. The van der Waals surface area contributed by atoms with Crippen LogP contribution in [0.5, 0.6) is 5.75 Å². The first-order valence-corrected chi connectivity index (χ1v) is 9.80. The Balaban J connectivity index is 1.65. The van der Waals surface area contributed by atoms with Crippen LogP contribution < -0.4 is 20.7 Å². The second-order valence-corrected chi connectivity index (χ2v) is 6.76. The summed E-state index contributed by atoms with van der Waals surface area (Å²) in [5.41, 5.74) is 2.51. The number of esters is 1. The zero-order valence-electron chi connectivity index (χ0n) is 17.7. The molecule has 0 radical (unpaired) electrons. The van der Waals surface area contributed by atoms with Crippen LogP contribution in [0.15, 0.2) is 72.8 Å². The summed E-state index contributed by atoms with van der Waals surface area (Å²) in [5.74, 6) is -1.04. The summed E-state index contributed by atoms with van der Waals surface area (Å²) in [7, 11) is 1.46. The van der Waals surface area contributed by atoms with Gasteiger partial charge in [-0.25, -0.2) is 4.79 Å². The van der Waals surface area contributed by atoms with E-state index in [2.05, 4.69) is 16.0 Å². The number of methoxy groups -OCH3 is 1. The first kappa shape index (κ1) is 22.4. The number of rotatable bonds is 8. The molecule has 0 spiro atoms. The van der Waals surface area contributed by atoms with Crippen molar-refractivity contribution < 1.29 is 23.9 Å². The minimum Gasteiger partial charge on any atom is -0.495 e. The quantitative estimate of drug-likeness (QED) is 0.460. The van der Waals surface area contributed by atoms with Crippen LogP contribution in [-0.2, 0) is 14.3 Å². The number of benzene rings is 3. The Morgan fingerprint density at radius 3 is 2.25 bits per heavy atom. The number of ether oxygens (including phenoxy) is 2. The fourth-order valence-electron chi connectivity index (χ4n) is 2.93. The lowest BCUT2D eigenvalue weighted by Gasteiger charge is -2.13. The van der Waals surface area contributed by atoms with E-state index in [4.69, 9.17) is 9.47 Å². The highest BCUT2D eigenvalue weighted by atomic mass is 16.5. The van der Waals surface area contributed by atoms with E-state index in [1.807, 2.05) is 30.3 Å². The molecular weight excluding hydrogens is 410 g/mol. The highest BCUT2D eigenvalue weighted by molar-refractivity contribution is 6.00. The first-order valence-electron chi connectivity index (χ1n) is 9.80. The van der Waals surface area contributed by atoms with E-state index in [9.17, 15) is 14.4 Å². The van der Waals surface area contributed by atoms with E-state index in [1.165, 1.54) is 14.0 Å². The largest absolute Gasteiger partial charge is 0.495 e. The molecule has 0 bridgehead atoms. The van der Waals surface area contributed by atoms with Gasteiger partial charge >= 0.3 is 5.97 Å². The van der Waals surface area contributed by atoms with Crippen LogP contribution in [0.1, 0.15) is 17.3 Å². The predicted octanol–water partition coefficient (Wildman–Crippen LogP) is 4.19. The number of nitrogens with one attached hydrogen (secondary N) is 3. The average molecular weight is 433 g/mol. The fraction of sp³-hybridized carbons (Fsp3) is 0.125. The molecule has 8 nitrogen and oxygen atoms in total. The van der Waals surface area contributed by atoms with Crippen LogP contribution in [0.25, 0.3) is 0 Å². The summed E-state index contributed by atoms with van der Waals surface area (Å²) in [6.07, 6.45) is 0. The molecule has 0 saturated heterocycles. The van der Waals surface area contributed by atoms with Gasteiger partial charge in [-0.05, 0) is 42.5 Å². The molecule has 3 aromatic carbocycles. The summed E-state index contributed by atoms with van der Waals surface area (Å²) < 4.78 is 10.4. The van der Waals surface area contributed by atoms with E-state index in [-0.39, 0.29) is 5.91 Å². The molecule has 8 heteroatoms. The van der Waals surface area contributed by atoms with Crippen molar-refractivity contribution in [3.05, 3.63) is 78.4 Å². The second-order valence-electron chi connectivity index (χ2n) is 6.76. The highest BCUT2D eigenvalue weighted by Crippen LogP contribution is 2.28. The van der Waals surface area contributed by atoms with Crippen LogP contribution >= 0.6 is 0 Å². The molecule has 0 atom stereocenters. The zero-order chi connectivity index (χ0) is 22.9. The molecule has 0 aromatic heterocycles. The highest BCUT2D eigenvalue weighted by Gasteiger charge is 2.16. The molecule has 0 saturated carbocycles. The fourth-order valence-corrected chi connectivity index (χ4v) is 2.93. The van der Waals surface area contributed by atoms with E-state index in [1.54, 1.807) is 42.5 Å². The summed E-state index contributed by atoms with van der Waals surface area (Å²) >= 11 is 0. The van der Waals surface area contributed by atoms with Crippen LogP contribution in [0, 0.1) is 0 Å². The zero-order valence-corrected chi connectivity index (χ0v) is 17.7. The Labute approximate surface area is 185 Å². The minimum absolute atomic E-state index is 0.246. The van der Waals surface area contributed by atoms with Crippen molar-refractivity contribution in [2.75, 3.05) is 29.7 Å². The Kier molecular flexibility index (Phi) is 7.42. The third-order valence-corrected chi connectivity index (χ3v) is 4.33. The second kappa shape index (κ2) is 10.6. The van der Waals surface area contributed by atoms with Gasteiger partial charge in [-0.2, -0.15) is 0 Å². The van der Waals surface area contributed by atoms with Gasteiger partial charge in [0, 0.05) is 18.3 Å². The molecule has 164 valence electrons. The van der Waals surface area contributed by atoms with Gasteiger partial charge in [-0.1, -0.05) is 30.3 Å². The van der Waals surface area contributed by atoms with E-state index in [0.29, 0.717) is 28.4 Å². The molecule has 0 aliphatic heterocycles. The summed E-state index contributed by atoms with van der Waals surface area (Å²) in [5, 5.41) is 8.42. The van der Waals surface area contributed by atoms with E-state index in [0.717, 1.165) is 5.69 Å². The van der Waals surface area contributed by atoms with Crippen molar-refractivity contribution in [3.63, 3.8) is 0 Å². The molecule has 0 fully saturated rings. The third-order valence-electron chi connectivity index (χ3n) is 4.33. The number of para-hydroxylation sites is 2. The number of carbonyl (C=O) groups is 3. The minimum atomic E-state index is -0.641. The number of hydrogen-bond acceptors (Lipinski definition) is 6. The van der Waals surface area contributed by atoms with Crippen molar-refractivity contribution in [1.82, 2.24) is 0 Å². The molecule has 0 aliphatic carbocycles. The van der Waals surface area contributed by atoms with E-state index < -0.39 is 18.5 Å². The third kappa shape index (κ3) is 6.09. The van der Waals surface area contributed by atoms with Crippen molar-refractivity contribution in [2.24, 2.45) is 0 Å². The molecule has 3 N–H and O–H groups in total. The Hall–Kier alpha value is -4.33. The lowest BCUT2D eigenvalue weighted by atomic mass is 10.1. The Morgan fingerprint density at radius 1 is 0.812 bits per heavy atom. The average Bonchev–Trinajstić information content (AvgIpc) is 2.78. The number of anilines is 4. The van der Waals surface area contributed by atoms with Crippen LogP contribution in [0.2, 0.25) is 0 Å². The predicted molar refractivity (Wildman–Crippen MR) is 122 cm³/mol. The molecular formula is C24H23N3O5. The van der Waals surface area contributed by atoms with Crippen molar-refractivity contribution in [3.8, 4) is 5.75 Å². The van der Waals surface area contributed by atoms with Gasteiger partial charge in [0.1, 0.15) is 5.75 Å². The van der Waals surface area contributed by atoms with Crippen molar-refractivity contribution >= 4 is 40.5 Å². The molecule has 3 rings (SSSR count). The number of hydrogen-bond donors (Lipinski definition) is 3. The molecule has 0 aliphatic rings.